The molecule has 1 heterocycles. The molecule has 1 aliphatic rings. The van der Waals surface area contributed by atoms with Gasteiger partial charge in [0.2, 0.25) is 0 Å². The van der Waals surface area contributed by atoms with Crippen molar-refractivity contribution in [2.45, 2.75) is 31.9 Å². The molecule has 2 nitrogen and oxygen atoms in total. The molecule has 0 radical (unpaired) electrons. The minimum Gasteiger partial charge on any atom is -0.393 e. The number of piperidine rings is 1. The van der Waals surface area contributed by atoms with Gasteiger partial charge in [-0.2, -0.15) is 0 Å². The van der Waals surface area contributed by atoms with E-state index in [0.29, 0.717) is 6.04 Å². The van der Waals surface area contributed by atoms with Crippen molar-refractivity contribution in [2.75, 3.05) is 6.54 Å². The van der Waals surface area contributed by atoms with Crippen LogP contribution in [0.5, 0.6) is 0 Å². The van der Waals surface area contributed by atoms with Gasteiger partial charge in [-0.1, -0.05) is 12.8 Å². The van der Waals surface area contributed by atoms with Crippen molar-refractivity contribution in [3.8, 4) is 0 Å². The van der Waals surface area contributed by atoms with Crippen LogP contribution in [0.15, 0.2) is 0 Å². The second kappa shape index (κ2) is 2.90. The monoisotopic (exact) mass is 147 g/mol. The van der Waals surface area contributed by atoms with Crippen molar-refractivity contribution in [1.29, 1.82) is 0 Å². The molecular weight excluding hydrogens is 134 g/mol. The van der Waals surface area contributed by atoms with Crippen LogP contribution in [-0.4, -0.2) is 28.1 Å². The fourth-order valence-electron chi connectivity index (χ4n) is 1.13. The van der Waals surface area contributed by atoms with Crippen LogP contribution in [0, 0.1) is 0 Å². The summed E-state index contributed by atoms with van der Waals surface area (Å²) in [6, 6.07) is 0.428. The smallest absolute Gasteiger partial charge is 0.0568 e. The molecule has 0 aromatic carbocycles. The van der Waals surface area contributed by atoms with Gasteiger partial charge in [-0.05, 0) is 19.8 Å². The van der Waals surface area contributed by atoms with Gasteiger partial charge >= 0.3 is 0 Å². The lowest BCUT2D eigenvalue weighted by atomic mass is 10.0. The highest BCUT2D eigenvalue weighted by Gasteiger charge is 2.20. The highest BCUT2D eigenvalue weighted by Crippen LogP contribution is 2.17. The van der Waals surface area contributed by atoms with Crippen molar-refractivity contribution in [2.24, 2.45) is 0 Å². The van der Waals surface area contributed by atoms with Crippen LogP contribution in [-0.2, 0) is 0 Å². The van der Waals surface area contributed by atoms with Gasteiger partial charge in [0.05, 0.1) is 6.10 Å². The Labute approximate surface area is 61.4 Å². The normalized spacial score (nSPS) is 39.0. The lowest BCUT2D eigenvalue weighted by Gasteiger charge is -2.31. The molecule has 54 valence electrons. The second-order valence-corrected chi connectivity index (χ2v) is 3.20. The Hall–Kier alpha value is 0.270. The van der Waals surface area contributed by atoms with Crippen LogP contribution in [0.3, 0.4) is 0 Å². The van der Waals surface area contributed by atoms with Crippen LogP contribution in [0.4, 0.5) is 0 Å². The van der Waals surface area contributed by atoms with Gasteiger partial charge in [-0.15, -0.1) is 0 Å². The molecule has 1 rings (SSSR count). The number of rotatable bonds is 0. The topological polar surface area (TPSA) is 23.5 Å². The molecule has 3 heteroatoms. The van der Waals surface area contributed by atoms with Crippen molar-refractivity contribution in [1.82, 2.24) is 4.31 Å². The van der Waals surface area contributed by atoms with E-state index in [4.69, 9.17) is 5.11 Å². The molecule has 0 aliphatic carbocycles. The number of thiol groups is 1. The quantitative estimate of drug-likeness (QED) is 0.492. The van der Waals surface area contributed by atoms with E-state index in [-0.39, 0.29) is 6.10 Å². The summed E-state index contributed by atoms with van der Waals surface area (Å²) >= 11 is 4.22. The third-order valence-corrected chi connectivity index (χ3v) is 2.41. The van der Waals surface area contributed by atoms with E-state index in [1.54, 1.807) is 0 Å². The minimum atomic E-state index is -0.0941. The van der Waals surface area contributed by atoms with Gasteiger partial charge < -0.3 is 5.11 Å². The van der Waals surface area contributed by atoms with Gasteiger partial charge in [0.25, 0.3) is 0 Å². The first kappa shape index (κ1) is 7.38. The molecule has 0 saturated carbocycles. The maximum absolute atomic E-state index is 9.14. The van der Waals surface area contributed by atoms with E-state index < -0.39 is 0 Å². The van der Waals surface area contributed by atoms with Gasteiger partial charge in [-0.3, -0.25) is 4.31 Å². The summed E-state index contributed by atoms with van der Waals surface area (Å²) in [5, 5.41) is 9.14. The zero-order chi connectivity index (χ0) is 6.85. The summed E-state index contributed by atoms with van der Waals surface area (Å²) < 4.78 is 1.98. The summed E-state index contributed by atoms with van der Waals surface area (Å²) in [6.07, 6.45) is 1.64. The SMILES string of the molecule is C[C@@H]1C[C@@H](O)CCN1S. The highest BCUT2D eigenvalue weighted by molar-refractivity contribution is 7.77. The molecule has 0 spiro atoms. The molecule has 2 atom stereocenters. The van der Waals surface area contributed by atoms with Crippen molar-refractivity contribution in [3.63, 3.8) is 0 Å². The molecule has 0 unspecified atom stereocenters. The van der Waals surface area contributed by atoms with Crippen molar-refractivity contribution >= 4 is 12.8 Å². The number of hydrogen-bond donors (Lipinski definition) is 2. The Balaban J connectivity index is 2.35. The van der Waals surface area contributed by atoms with E-state index in [0.717, 1.165) is 19.4 Å². The lowest BCUT2D eigenvalue weighted by molar-refractivity contribution is 0.0918. The van der Waals surface area contributed by atoms with E-state index >= 15 is 0 Å². The van der Waals surface area contributed by atoms with Gasteiger partial charge in [-0.25, -0.2) is 0 Å². The van der Waals surface area contributed by atoms with Gasteiger partial charge in [0.1, 0.15) is 0 Å². The number of aliphatic hydroxyl groups is 1. The average Bonchev–Trinajstić information content (AvgIpc) is 1.80. The predicted molar refractivity (Wildman–Crippen MR) is 40.4 cm³/mol. The summed E-state index contributed by atoms with van der Waals surface area (Å²) in [6.45, 7) is 2.99. The summed E-state index contributed by atoms with van der Waals surface area (Å²) in [7, 11) is 0. The van der Waals surface area contributed by atoms with E-state index in [1.165, 1.54) is 0 Å². The first-order valence-electron chi connectivity index (χ1n) is 3.33. The Morgan fingerprint density at radius 1 is 1.67 bits per heavy atom. The van der Waals surface area contributed by atoms with Crippen LogP contribution in [0.2, 0.25) is 0 Å². The van der Waals surface area contributed by atoms with Gasteiger partial charge in [0.15, 0.2) is 0 Å². The zero-order valence-electron chi connectivity index (χ0n) is 5.62. The summed E-state index contributed by atoms with van der Waals surface area (Å²) in [4.78, 5) is 0. The average molecular weight is 147 g/mol. The Kier molecular flexibility index (Phi) is 2.38. The van der Waals surface area contributed by atoms with Crippen molar-refractivity contribution in [3.05, 3.63) is 0 Å². The van der Waals surface area contributed by atoms with Crippen LogP contribution < -0.4 is 0 Å². The molecule has 0 aromatic rings. The third kappa shape index (κ3) is 1.85. The van der Waals surface area contributed by atoms with E-state index in [1.807, 2.05) is 4.31 Å². The molecule has 9 heavy (non-hydrogen) atoms. The number of hydrogen-bond acceptors (Lipinski definition) is 3. The summed E-state index contributed by atoms with van der Waals surface area (Å²) in [5.41, 5.74) is 0. The molecule has 1 aliphatic heterocycles. The van der Waals surface area contributed by atoms with Gasteiger partial charge in [0, 0.05) is 12.6 Å². The largest absolute Gasteiger partial charge is 0.393 e. The maximum atomic E-state index is 9.14. The minimum absolute atomic E-state index is 0.0941. The number of nitrogens with zero attached hydrogens (tertiary/aromatic N) is 1. The summed E-state index contributed by atoms with van der Waals surface area (Å²) in [5.74, 6) is 0. The molecule has 0 bridgehead atoms. The Bertz CT molecular complexity index is 99.1. The Morgan fingerprint density at radius 3 is 2.78 bits per heavy atom. The highest BCUT2D eigenvalue weighted by atomic mass is 32.1. The van der Waals surface area contributed by atoms with E-state index in [9.17, 15) is 0 Å². The Morgan fingerprint density at radius 2 is 2.33 bits per heavy atom. The number of aliphatic hydroxyl groups excluding tert-OH is 1. The van der Waals surface area contributed by atoms with E-state index in [2.05, 4.69) is 19.7 Å². The van der Waals surface area contributed by atoms with Crippen LogP contribution in [0.25, 0.3) is 0 Å². The molecular formula is C6H13NOS. The zero-order valence-corrected chi connectivity index (χ0v) is 6.51. The lowest BCUT2D eigenvalue weighted by Crippen LogP contribution is -2.36. The van der Waals surface area contributed by atoms with Crippen LogP contribution >= 0.6 is 12.8 Å². The molecule has 0 aromatic heterocycles. The molecule has 1 saturated heterocycles. The van der Waals surface area contributed by atoms with Crippen LogP contribution in [0.1, 0.15) is 19.8 Å². The van der Waals surface area contributed by atoms with Crippen molar-refractivity contribution < 1.29 is 5.11 Å². The molecule has 1 N–H and O–H groups in total. The first-order chi connectivity index (χ1) is 4.20. The molecule has 1 fully saturated rings. The predicted octanol–water partition coefficient (Wildman–Crippen LogP) is 0.676. The molecule has 0 amide bonds. The first-order valence-corrected chi connectivity index (χ1v) is 3.73. The fourth-order valence-corrected chi connectivity index (χ4v) is 1.34. The third-order valence-electron chi connectivity index (χ3n) is 1.81. The fraction of sp³-hybridized carbons (Fsp3) is 1.00. The second-order valence-electron chi connectivity index (χ2n) is 2.69. The maximum Gasteiger partial charge on any atom is 0.0568 e. The standard InChI is InChI=1S/C6H13NOS/c1-5-4-6(8)2-3-7(5)9/h5-6,8-9H,2-4H2,1H3/t5-,6+/m1/s1.